The molecule has 2 heterocycles. The molecule has 2 rings (SSSR count). The normalized spacial score (nSPS) is 38.7. The summed E-state index contributed by atoms with van der Waals surface area (Å²) in [6.07, 6.45) is 8.88. The Bertz CT molecular complexity index is 213. The third-order valence-corrected chi connectivity index (χ3v) is 4.19. The van der Waals surface area contributed by atoms with Gasteiger partial charge in [-0.15, -0.1) is 6.58 Å². The van der Waals surface area contributed by atoms with Gasteiger partial charge in [-0.1, -0.05) is 12.5 Å². The highest BCUT2D eigenvalue weighted by Gasteiger charge is 2.35. The minimum atomic E-state index is 0.458. The lowest BCUT2D eigenvalue weighted by Gasteiger charge is -2.47. The van der Waals surface area contributed by atoms with E-state index in [2.05, 4.69) is 30.8 Å². The van der Waals surface area contributed by atoms with Crippen LogP contribution in [0.5, 0.6) is 0 Å². The van der Waals surface area contributed by atoms with Crippen molar-refractivity contribution in [3.05, 3.63) is 12.7 Å². The summed E-state index contributed by atoms with van der Waals surface area (Å²) in [6.45, 7) is 6.04. The Hall–Kier alpha value is -0.340. The Morgan fingerprint density at radius 2 is 1.93 bits per heavy atom. The second-order valence-electron chi connectivity index (χ2n) is 5.26. The van der Waals surface area contributed by atoms with Gasteiger partial charge in [-0.2, -0.15) is 0 Å². The van der Waals surface area contributed by atoms with Crippen molar-refractivity contribution in [2.45, 2.75) is 63.2 Å². The van der Waals surface area contributed by atoms with Crippen LogP contribution in [0.3, 0.4) is 0 Å². The van der Waals surface area contributed by atoms with E-state index in [-0.39, 0.29) is 0 Å². The van der Waals surface area contributed by atoms with Crippen molar-refractivity contribution in [3.8, 4) is 0 Å². The summed E-state index contributed by atoms with van der Waals surface area (Å²) in [4.78, 5) is 2.61. The molecule has 0 amide bonds. The first-order valence-corrected chi connectivity index (χ1v) is 6.31. The highest BCUT2D eigenvalue weighted by molar-refractivity contribution is 4.95. The zero-order valence-electron chi connectivity index (χ0n) is 10.1. The second kappa shape index (κ2) is 4.67. The molecular weight excluding hydrogens is 184 g/mol. The number of nitrogens with zero attached hydrogens (tertiary/aromatic N) is 1. The van der Waals surface area contributed by atoms with Crippen LogP contribution in [-0.2, 0) is 0 Å². The summed E-state index contributed by atoms with van der Waals surface area (Å²) >= 11 is 0. The minimum Gasteiger partial charge on any atom is -0.308 e. The number of hydrogen-bond donors (Lipinski definition) is 1. The monoisotopic (exact) mass is 208 g/mol. The number of rotatable bonds is 3. The molecule has 3 unspecified atom stereocenters. The number of nitrogens with one attached hydrogen (secondary N) is 1. The first-order valence-electron chi connectivity index (χ1n) is 6.31. The first kappa shape index (κ1) is 11.2. The smallest absolute Gasteiger partial charge is 0.0221 e. The largest absolute Gasteiger partial charge is 0.308 e. The summed E-state index contributed by atoms with van der Waals surface area (Å²) in [5, 5.41) is 3.67. The molecule has 2 saturated heterocycles. The Morgan fingerprint density at radius 3 is 2.47 bits per heavy atom. The maximum atomic E-state index is 3.84. The van der Waals surface area contributed by atoms with Crippen LogP contribution in [-0.4, -0.2) is 36.1 Å². The van der Waals surface area contributed by atoms with Crippen molar-refractivity contribution in [2.24, 2.45) is 0 Å². The van der Waals surface area contributed by atoms with Gasteiger partial charge in [0, 0.05) is 24.2 Å². The molecule has 0 radical (unpaired) electrons. The molecule has 2 fully saturated rings. The van der Waals surface area contributed by atoms with Crippen LogP contribution in [0.1, 0.15) is 39.0 Å². The van der Waals surface area contributed by atoms with Gasteiger partial charge in [0.15, 0.2) is 0 Å². The van der Waals surface area contributed by atoms with E-state index in [0.29, 0.717) is 12.1 Å². The molecule has 0 aromatic heterocycles. The summed E-state index contributed by atoms with van der Waals surface area (Å²) in [5.41, 5.74) is 0. The topological polar surface area (TPSA) is 15.3 Å². The quantitative estimate of drug-likeness (QED) is 0.715. The minimum absolute atomic E-state index is 0.458. The molecule has 2 heteroatoms. The molecule has 0 spiro atoms. The van der Waals surface area contributed by atoms with Crippen LogP contribution in [0.25, 0.3) is 0 Å². The van der Waals surface area contributed by atoms with Gasteiger partial charge in [-0.3, -0.25) is 0 Å². The molecule has 3 atom stereocenters. The van der Waals surface area contributed by atoms with Gasteiger partial charge in [0.05, 0.1) is 0 Å². The molecule has 0 aromatic carbocycles. The fraction of sp³-hybridized carbons (Fsp3) is 0.846. The molecule has 0 aliphatic carbocycles. The third kappa shape index (κ3) is 2.43. The number of fused-ring (bicyclic) bond motifs is 2. The predicted octanol–water partition coefficient (Wildman–Crippen LogP) is 2.17. The Kier molecular flexibility index (Phi) is 3.47. The SMILES string of the molecule is C=CC(C)NC1CC2CCCC(C1)N2C. The Labute approximate surface area is 93.7 Å². The lowest BCUT2D eigenvalue weighted by Crippen LogP contribution is -2.55. The van der Waals surface area contributed by atoms with Crippen molar-refractivity contribution >= 4 is 0 Å². The van der Waals surface area contributed by atoms with Crippen LogP contribution in [0, 0.1) is 0 Å². The van der Waals surface area contributed by atoms with E-state index in [4.69, 9.17) is 0 Å². The van der Waals surface area contributed by atoms with Gasteiger partial charge in [-0.05, 0) is 39.7 Å². The summed E-state index contributed by atoms with van der Waals surface area (Å²) in [7, 11) is 2.31. The van der Waals surface area contributed by atoms with Crippen molar-refractivity contribution in [1.82, 2.24) is 10.2 Å². The fourth-order valence-electron chi connectivity index (χ4n) is 3.19. The van der Waals surface area contributed by atoms with Crippen molar-refractivity contribution in [1.29, 1.82) is 0 Å². The van der Waals surface area contributed by atoms with E-state index in [1.54, 1.807) is 0 Å². The molecule has 2 bridgehead atoms. The molecule has 15 heavy (non-hydrogen) atoms. The summed E-state index contributed by atoms with van der Waals surface area (Å²) in [5.74, 6) is 0. The summed E-state index contributed by atoms with van der Waals surface area (Å²) < 4.78 is 0. The van der Waals surface area contributed by atoms with Crippen molar-refractivity contribution < 1.29 is 0 Å². The van der Waals surface area contributed by atoms with E-state index in [0.717, 1.165) is 12.1 Å². The molecule has 1 N–H and O–H groups in total. The van der Waals surface area contributed by atoms with Crippen molar-refractivity contribution in [2.75, 3.05) is 7.05 Å². The van der Waals surface area contributed by atoms with Crippen LogP contribution in [0.4, 0.5) is 0 Å². The zero-order chi connectivity index (χ0) is 10.8. The lowest BCUT2D eigenvalue weighted by molar-refractivity contribution is 0.0475. The van der Waals surface area contributed by atoms with Crippen LogP contribution in [0.15, 0.2) is 12.7 Å². The summed E-state index contributed by atoms with van der Waals surface area (Å²) in [6, 6.07) is 2.82. The Morgan fingerprint density at radius 1 is 1.33 bits per heavy atom. The van der Waals surface area contributed by atoms with Crippen LogP contribution in [0.2, 0.25) is 0 Å². The zero-order valence-corrected chi connectivity index (χ0v) is 10.1. The van der Waals surface area contributed by atoms with Crippen molar-refractivity contribution in [3.63, 3.8) is 0 Å². The number of piperidine rings is 2. The molecule has 2 aliphatic rings. The third-order valence-electron chi connectivity index (χ3n) is 4.19. The lowest BCUT2D eigenvalue weighted by atomic mass is 9.82. The van der Waals surface area contributed by atoms with Gasteiger partial charge in [-0.25, -0.2) is 0 Å². The molecular formula is C13H24N2. The highest BCUT2D eigenvalue weighted by atomic mass is 15.2. The van der Waals surface area contributed by atoms with E-state index in [9.17, 15) is 0 Å². The van der Waals surface area contributed by atoms with E-state index in [1.165, 1.54) is 32.1 Å². The van der Waals surface area contributed by atoms with Gasteiger partial charge in [0.25, 0.3) is 0 Å². The van der Waals surface area contributed by atoms with Gasteiger partial charge < -0.3 is 10.2 Å². The van der Waals surface area contributed by atoms with E-state index < -0.39 is 0 Å². The van der Waals surface area contributed by atoms with Crippen LogP contribution < -0.4 is 5.32 Å². The Balaban J connectivity index is 1.92. The fourth-order valence-corrected chi connectivity index (χ4v) is 3.19. The molecule has 0 aromatic rings. The molecule has 0 saturated carbocycles. The average Bonchev–Trinajstić information content (AvgIpc) is 2.19. The molecule has 2 aliphatic heterocycles. The highest BCUT2D eigenvalue weighted by Crippen LogP contribution is 2.32. The maximum Gasteiger partial charge on any atom is 0.0221 e. The first-order chi connectivity index (χ1) is 7.20. The number of hydrogen-bond acceptors (Lipinski definition) is 2. The maximum absolute atomic E-state index is 3.84. The average molecular weight is 208 g/mol. The second-order valence-corrected chi connectivity index (χ2v) is 5.26. The van der Waals surface area contributed by atoms with Gasteiger partial charge in [0.1, 0.15) is 0 Å². The van der Waals surface area contributed by atoms with Crippen LogP contribution >= 0.6 is 0 Å². The van der Waals surface area contributed by atoms with E-state index in [1.807, 2.05) is 6.08 Å². The van der Waals surface area contributed by atoms with Gasteiger partial charge >= 0.3 is 0 Å². The van der Waals surface area contributed by atoms with E-state index >= 15 is 0 Å². The molecule has 86 valence electrons. The standard InChI is InChI=1S/C13H24N2/c1-4-10(2)14-11-8-12-6-5-7-13(9-11)15(12)3/h4,10-14H,1,5-9H2,2-3H3. The van der Waals surface area contributed by atoms with Gasteiger partial charge in [0.2, 0.25) is 0 Å². The predicted molar refractivity (Wildman–Crippen MR) is 65.0 cm³/mol. The molecule has 2 nitrogen and oxygen atoms in total.